The van der Waals surface area contributed by atoms with Gasteiger partial charge < -0.3 is 8.83 Å². The second-order valence-corrected chi connectivity index (χ2v) is 8.85. The average Bonchev–Trinajstić information content (AvgIpc) is 3.52. The number of thiazole rings is 1. The van der Waals surface area contributed by atoms with Crippen LogP contribution in [0.3, 0.4) is 0 Å². The minimum atomic E-state index is -4.53. The first kappa shape index (κ1) is 23.6. The predicted molar refractivity (Wildman–Crippen MR) is 131 cm³/mol. The molecule has 0 atom stereocenters. The Labute approximate surface area is 210 Å². The van der Waals surface area contributed by atoms with Gasteiger partial charge in [-0.05, 0) is 42.5 Å². The van der Waals surface area contributed by atoms with E-state index >= 15 is 0 Å². The van der Waals surface area contributed by atoms with Crippen LogP contribution in [-0.4, -0.2) is 4.98 Å². The fraction of sp³-hybridized carbons (Fsp3) is 0.0385. The van der Waals surface area contributed by atoms with Crippen molar-refractivity contribution in [1.29, 1.82) is 5.26 Å². The summed E-state index contributed by atoms with van der Waals surface area (Å²) in [5.74, 6) is 0.334. The molecule has 0 radical (unpaired) electrons. The van der Waals surface area contributed by atoms with Crippen LogP contribution in [-0.2, 0) is 6.18 Å². The van der Waals surface area contributed by atoms with Gasteiger partial charge in [0.1, 0.15) is 28.2 Å². The van der Waals surface area contributed by atoms with Crippen molar-refractivity contribution in [1.82, 2.24) is 4.98 Å². The number of rotatable bonds is 4. The summed E-state index contributed by atoms with van der Waals surface area (Å²) in [7, 11) is 0. The Hall–Kier alpha value is -4.13. The van der Waals surface area contributed by atoms with Gasteiger partial charge in [0.15, 0.2) is 0 Å². The number of benzene rings is 2. The zero-order chi connectivity index (χ0) is 25.4. The van der Waals surface area contributed by atoms with Crippen LogP contribution < -0.4 is 5.63 Å². The third kappa shape index (κ3) is 4.56. The van der Waals surface area contributed by atoms with E-state index in [4.69, 9.17) is 20.4 Å². The van der Waals surface area contributed by atoms with E-state index in [1.165, 1.54) is 18.2 Å². The number of nitriles is 1. The van der Waals surface area contributed by atoms with E-state index in [0.29, 0.717) is 16.3 Å². The van der Waals surface area contributed by atoms with Crippen LogP contribution in [0, 0.1) is 11.3 Å². The molecule has 0 aliphatic rings. The van der Waals surface area contributed by atoms with Crippen LogP contribution in [0.1, 0.15) is 16.3 Å². The highest BCUT2D eigenvalue weighted by Gasteiger charge is 2.31. The van der Waals surface area contributed by atoms with Gasteiger partial charge >= 0.3 is 11.8 Å². The number of allylic oxidation sites excluding steroid dienone is 1. The lowest BCUT2D eigenvalue weighted by atomic mass is 10.1. The Kier molecular flexibility index (Phi) is 6.00. The maximum atomic E-state index is 13.1. The molecule has 0 amide bonds. The van der Waals surface area contributed by atoms with Crippen molar-refractivity contribution >= 4 is 45.6 Å². The molecule has 3 heterocycles. The summed E-state index contributed by atoms with van der Waals surface area (Å²) in [4.78, 5) is 16.9. The molecule has 5 rings (SSSR count). The van der Waals surface area contributed by atoms with Gasteiger partial charge in [-0.25, -0.2) is 9.78 Å². The Balaban J connectivity index is 1.47. The lowest BCUT2D eigenvalue weighted by Gasteiger charge is -2.09. The van der Waals surface area contributed by atoms with Crippen LogP contribution in [0.5, 0.6) is 0 Å². The molecule has 0 aliphatic heterocycles. The first-order valence-electron chi connectivity index (χ1n) is 10.3. The highest BCUT2D eigenvalue weighted by Crippen LogP contribution is 2.37. The molecule has 178 valence electrons. The van der Waals surface area contributed by atoms with Crippen molar-refractivity contribution in [3.8, 4) is 28.7 Å². The number of para-hydroxylation sites is 1. The number of alkyl halides is 3. The van der Waals surface area contributed by atoms with Gasteiger partial charge in [-0.15, -0.1) is 11.3 Å². The molecule has 0 spiro atoms. The summed E-state index contributed by atoms with van der Waals surface area (Å²) in [6.07, 6.45) is -3.12. The molecular weight excluding hydrogens is 513 g/mol. The van der Waals surface area contributed by atoms with E-state index in [1.807, 2.05) is 12.1 Å². The summed E-state index contributed by atoms with van der Waals surface area (Å²) >= 11 is 7.24. The van der Waals surface area contributed by atoms with E-state index in [1.54, 1.807) is 29.6 Å². The third-order valence-electron chi connectivity index (χ3n) is 5.24. The first-order chi connectivity index (χ1) is 17.2. The number of halogens is 4. The molecule has 5 aromatic rings. The third-order valence-corrected chi connectivity index (χ3v) is 6.45. The van der Waals surface area contributed by atoms with Gasteiger partial charge in [-0.3, -0.25) is 0 Å². The fourth-order valence-electron chi connectivity index (χ4n) is 3.51. The lowest BCUT2D eigenvalue weighted by Crippen LogP contribution is -2.04. The zero-order valence-corrected chi connectivity index (χ0v) is 19.5. The number of nitrogens with zero attached hydrogens (tertiary/aromatic N) is 2. The van der Waals surface area contributed by atoms with Gasteiger partial charge in [-0.2, -0.15) is 18.4 Å². The normalized spacial score (nSPS) is 12.1. The average molecular weight is 525 g/mol. The largest absolute Gasteiger partial charge is 0.457 e. The molecule has 36 heavy (non-hydrogen) atoms. The number of fused-ring (bicyclic) bond motifs is 1. The highest BCUT2D eigenvalue weighted by atomic mass is 35.5. The van der Waals surface area contributed by atoms with Crippen LogP contribution >= 0.6 is 22.9 Å². The molecule has 5 nitrogen and oxygen atoms in total. The van der Waals surface area contributed by atoms with Gasteiger partial charge in [0.05, 0.1) is 27.4 Å². The Morgan fingerprint density at radius 2 is 1.86 bits per heavy atom. The predicted octanol–water partition coefficient (Wildman–Crippen LogP) is 7.91. The highest BCUT2D eigenvalue weighted by molar-refractivity contribution is 7.11. The number of hydrogen-bond donors (Lipinski definition) is 0. The Morgan fingerprint density at radius 1 is 1.06 bits per heavy atom. The van der Waals surface area contributed by atoms with Crippen LogP contribution in [0.4, 0.5) is 13.2 Å². The Bertz CT molecular complexity index is 1740. The SMILES string of the molecule is N#CC(=Cc1ccc(-c2cc(C(F)(F)F)ccc2Cl)o1)c1nc(-c2cc3ccccc3oc2=O)cs1. The minimum Gasteiger partial charge on any atom is -0.457 e. The fourth-order valence-corrected chi connectivity index (χ4v) is 4.51. The van der Waals surface area contributed by atoms with Crippen molar-refractivity contribution < 1.29 is 22.0 Å². The summed E-state index contributed by atoms with van der Waals surface area (Å²) < 4.78 is 50.3. The van der Waals surface area contributed by atoms with E-state index in [-0.39, 0.29) is 33.2 Å². The van der Waals surface area contributed by atoms with Crippen molar-refractivity contribution in [2.24, 2.45) is 0 Å². The van der Waals surface area contributed by atoms with Crippen molar-refractivity contribution in [2.45, 2.75) is 6.18 Å². The van der Waals surface area contributed by atoms with E-state index in [2.05, 4.69) is 4.98 Å². The van der Waals surface area contributed by atoms with Gasteiger partial charge in [-0.1, -0.05) is 29.8 Å². The molecule has 0 bridgehead atoms. The minimum absolute atomic E-state index is 0.0733. The van der Waals surface area contributed by atoms with E-state index < -0.39 is 17.4 Å². The van der Waals surface area contributed by atoms with E-state index in [9.17, 15) is 23.2 Å². The van der Waals surface area contributed by atoms with Crippen molar-refractivity contribution in [2.75, 3.05) is 0 Å². The molecule has 0 unspecified atom stereocenters. The topological polar surface area (TPSA) is 80.0 Å². The number of furan rings is 1. The molecule has 2 aromatic carbocycles. The second-order valence-electron chi connectivity index (χ2n) is 7.59. The summed E-state index contributed by atoms with van der Waals surface area (Å²) in [5, 5.41) is 12.5. The molecule has 0 fully saturated rings. The lowest BCUT2D eigenvalue weighted by molar-refractivity contribution is -0.137. The molecule has 0 saturated heterocycles. The quantitative estimate of drug-likeness (QED) is 0.176. The molecular formula is C26H12ClF3N2O3S. The maximum absolute atomic E-state index is 13.1. The van der Waals surface area contributed by atoms with Gasteiger partial charge in [0, 0.05) is 22.4 Å². The van der Waals surface area contributed by atoms with Gasteiger partial charge in [0.2, 0.25) is 0 Å². The van der Waals surface area contributed by atoms with Crippen LogP contribution in [0.25, 0.3) is 45.2 Å². The van der Waals surface area contributed by atoms with Gasteiger partial charge in [0.25, 0.3) is 0 Å². The van der Waals surface area contributed by atoms with Crippen LogP contribution in [0.15, 0.2) is 79.7 Å². The first-order valence-corrected chi connectivity index (χ1v) is 11.6. The molecule has 3 aromatic heterocycles. The second kappa shape index (κ2) is 9.15. The summed E-state index contributed by atoms with van der Waals surface area (Å²) in [5.41, 5.74) is -0.131. The van der Waals surface area contributed by atoms with Crippen LogP contribution in [0.2, 0.25) is 5.02 Å². The van der Waals surface area contributed by atoms with Crippen molar-refractivity contribution in [3.63, 3.8) is 0 Å². The smallest absolute Gasteiger partial charge is 0.416 e. The van der Waals surface area contributed by atoms with Crippen molar-refractivity contribution in [3.05, 3.63) is 97.8 Å². The molecule has 10 heteroatoms. The van der Waals surface area contributed by atoms with E-state index in [0.717, 1.165) is 34.9 Å². The number of aromatic nitrogens is 1. The maximum Gasteiger partial charge on any atom is 0.416 e. The summed E-state index contributed by atoms with van der Waals surface area (Å²) in [6, 6.07) is 16.7. The number of hydrogen-bond acceptors (Lipinski definition) is 6. The Morgan fingerprint density at radius 3 is 2.64 bits per heavy atom. The standard InChI is InChI=1S/C26H12ClF3N2O3S/c27-20-7-5-16(26(28,29)30)11-18(20)23-8-6-17(34-23)9-15(12-31)24-32-21(13-36-24)19-10-14-3-1-2-4-22(14)35-25(19)33/h1-11,13H. The molecule has 0 saturated carbocycles. The monoisotopic (exact) mass is 524 g/mol. The molecule has 0 N–H and O–H groups in total. The molecule has 0 aliphatic carbocycles. The summed E-state index contributed by atoms with van der Waals surface area (Å²) in [6.45, 7) is 0. The zero-order valence-electron chi connectivity index (χ0n) is 18.0.